The Labute approximate surface area is 77.2 Å². The molecule has 0 spiro atoms. The average Bonchev–Trinajstić information content (AvgIpc) is 1.37. The maximum absolute atomic E-state index is 3.51. The molecule has 0 atom stereocenters. The van der Waals surface area contributed by atoms with Crippen LogP contribution in [0, 0.1) is 38.8 Å². The van der Waals surface area contributed by atoms with Crippen molar-refractivity contribution in [1.29, 1.82) is 0 Å². The summed E-state index contributed by atoms with van der Waals surface area (Å²) < 4.78 is 1.22. The first-order chi connectivity index (χ1) is 1.91. The van der Waals surface area contributed by atoms with E-state index in [1.165, 1.54) is 40.8 Å². The number of hydrogen-bond acceptors (Lipinski definition) is 0. The average molecular weight is 258 g/mol. The molecule has 6 heavy (non-hydrogen) atoms. The van der Waals surface area contributed by atoms with E-state index in [-0.39, 0.29) is 24.8 Å². The van der Waals surface area contributed by atoms with Crippen LogP contribution >= 0.6 is 24.8 Å². The van der Waals surface area contributed by atoms with Crippen molar-refractivity contribution in [1.82, 2.24) is 0 Å². The summed E-state index contributed by atoms with van der Waals surface area (Å²) in [6, 6.07) is 0. The van der Waals surface area contributed by atoms with Crippen molar-refractivity contribution in [3.63, 3.8) is 0 Å². The minimum Gasteiger partial charge on any atom is -0.147 e. The van der Waals surface area contributed by atoms with Crippen LogP contribution < -0.4 is 0 Å². The molecule has 0 saturated heterocycles. The molecular weight excluding hydrogens is 251 g/mol. The van der Waals surface area contributed by atoms with Crippen molar-refractivity contribution < 1.29 is 38.8 Å². The number of halogens is 2. The molecule has 0 aromatic heterocycles. The third kappa shape index (κ3) is 17.3. The van der Waals surface area contributed by atoms with Gasteiger partial charge in [-0.15, -0.1) is 24.8 Å². The van der Waals surface area contributed by atoms with Gasteiger partial charge in [-0.25, -0.2) is 0 Å². The first-order valence-corrected chi connectivity index (χ1v) is 3.44. The van der Waals surface area contributed by atoms with Gasteiger partial charge in [0, 0.05) is 0 Å². The second-order valence-electron chi connectivity index (χ2n) is 0.493. The minimum atomic E-state index is 0. The molecule has 0 amide bonds. The van der Waals surface area contributed by atoms with Gasteiger partial charge in [0.1, 0.15) is 0 Å². The summed E-state index contributed by atoms with van der Waals surface area (Å²) in [5, 5.41) is 0. The van der Waals surface area contributed by atoms with Gasteiger partial charge in [0.05, 0.1) is 0 Å². The van der Waals surface area contributed by atoms with Crippen LogP contribution in [0.15, 0.2) is 12.7 Å². The van der Waals surface area contributed by atoms with Crippen molar-refractivity contribution in [2.75, 3.05) is 0 Å². The van der Waals surface area contributed by atoms with E-state index in [9.17, 15) is 0 Å². The molecule has 0 rings (SSSR count). The van der Waals surface area contributed by atoms with E-state index in [1.807, 2.05) is 6.08 Å². The van der Waals surface area contributed by atoms with Crippen molar-refractivity contribution in [2.45, 2.75) is 2.07 Å². The van der Waals surface area contributed by atoms with Crippen molar-refractivity contribution in [3.05, 3.63) is 12.7 Å². The van der Waals surface area contributed by atoms with Crippen LogP contribution in [0.5, 0.6) is 0 Å². The van der Waals surface area contributed by atoms with Crippen LogP contribution in [0.1, 0.15) is 0 Å². The molecule has 3 heteroatoms. The van der Waals surface area contributed by atoms with E-state index in [0.717, 1.165) is 0 Å². The van der Waals surface area contributed by atoms with Crippen LogP contribution in [0.25, 0.3) is 0 Å². The molecule has 0 saturated carbocycles. The molecule has 0 N–H and O–H groups in total. The molecule has 0 aliphatic heterocycles. The normalized spacial score (nSPS) is 3.83. The molecule has 0 aliphatic rings. The Morgan fingerprint density at radius 2 is 1.67 bits per heavy atom. The summed E-state index contributed by atoms with van der Waals surface area (Å²) in [6.45, 7) is 3.51. The smallest absolute Gasteiger partial charge is 0.147 e. The zero-order chi connectivity index (χ0) is 3.41. The van der Waals surface area contributed by atoms with E-state index in [0.29, 0.717) is 0 Å². The number of rotatable bonds is 1. The third-order valence-corrected chi connectivity index (χ3v) is 1.07. The van der Waals surface area contributed by atoms with Gasteiger partial charge in [-0.05, 0) is 0 Å². The summed E-state index contributed by atoms with van der Waals surface area (Å²) in [6.07, 6.45) is 1.94. The summed E-state index contributed by atoms with van der Waals surface area (Å²) >= 11 is 1.27. The van der Waals surface area contributed by atoms with Crippen LogP contribution in [0.3, 0.4) is 0 Å². The molecule has 0 fully saturated rings. The SMILES string of the molecule is C=C[CH2][Nd].Cl.Cl. The van der Waals surface area contributed by atoms with Crippen molar-refractivity contribution in [2.24, 2.45) is 0 Å². The third-order valence-electron chi connectivity index (χ3n) is 0.144. The summed E-state index contributed by atoms with van der Waals surface area (Å²) in [5.41, 5.74) is 0. The fourth-order valence-electron chi connectivity index (χ4n) is 0. The first kappa shape index (κ1) is 15.6. The predicted molar refractivity (Wildman–Crippen MR) is 29.5 cm³/mol. The Hall–Kier alpha value is 1.67. The molecule has 37 valence electrons. The van der Waals surface area contributed by atoms with Crippen LogP contribution in [0.2, 0.25) is 2.07 Å². The van der Waals surface area contributed by atoms with Gasteiger partial charge in [-0.3, -0.25) is 0 Å². The van der Waals surface area contributed by atoms with E-state index in [2.05, 4.69) is 6.58 Å². The fraction of sp³-hybridized carbons (Fsp3) is 0.333. The molecule has 0 nitrogen and oxygen atoms in total. The molecule has 0 aliphatic carbocycles. The summed E-state index contributed by atoms with van der Waals surface area (Å²) in [4.78, 5) is 0. The Morgan fingerprint density at radius 1 is 1.50 bits per heavy atom. The van der Waals surface area contributed by atoms with Gasteiger partial charge < -0.3 is 0 Å². The van der Waals surface area contributed by atoms with Gasteiger partial charge in [-0.1, -0.05) is 0 Å². The largest absolute Gasteiger partial charge is 0.147 e. The van der Waals surface area contributed by atoms with Gasteiger partial charge in [0.2, 0.25) is 0 Å². The van der Waals surface area contributed by atoms with Gasteiger partial charge in [-0.2, -0.15) is 0 Å². The van der Waals surface area contributed by atoms with E-state index in [1.54, 1.807) is 0 Å². The zero-order valence-electron chi connectivity index (χ0n) is 3.31. The molecule has 0 aromatic rings. The molecule has 0 unspecified atom stereocenters. The molecule has 0 aromatic carbocycles. The Kier molecular flexibility index (Phi) is 41.5. The van der Waals surface area contributed by atoms with Gasteiger partial charge >= 0.3 is 53.5 Å². The Morgan fingerprint density at radius 3 is 1.67 bits per heavy atom. The quantitative estimate of drug-likeness (QED) is 0.631. The summed E-state index contributed by atoms with van der Waals surface area (Å²) in [7, 11) is 0. The Bertz CT molecular complexity index is 22.8. The van der Waals surface area contributed by atoms with Crippen LogP contribution in [-0.2, 0) is 0 Å². The van der Waals surface area contributed by atoms with Crippen LogP contribution in [-0.4, -0.2) is 0 Å². The molecule has 0 heterocycles. The van der Waals surface area contributed by atoms with E-state index < -0.39 is 0 Å². The number of allylic oxidation sites excluding steroid dienone is 1. The van der Waals surface area contributed by atoms with Crippen LogP contribution in [0.4, 0.5) is 0 Å². The first-order valence-electron chi connectivity index (χ1n) is 1.17. The van der Waals surface area contributed by atoms with Crippen molar-refractivity contribution >= 4 is 24.8 Å². The maximum atomic E-state index is 3.51. The van der Waals surface area contributed by atoms with E-state index in [4.69, 9.17) is 0 Å². The second kappa shape index (κ2) is 15.9. The fourth-order valence-corrected chi connectivity index (χ4v) is 0. The minimum absolute atomic E-state index is 0. The number of hydrogen-bond donors (Lipinski definition) is 0. The molecular formula is C3H7Cl2Nd. The molecule has 0 bridgehead atoms. The molecule has 0 radical (unpaired) electrons. The standard InChI is InChI=1S/C3H5.2ClH.Nd/c1-3-2;;;/h3H,1-2H2;2*1H;. The second-order valence-corrected chi connectivity index (χ2v) is 1.80. The van der Waals surface area contributed by atoms with Crippen molar-refractivity contribution in [3.8, 4) is 0 Å². The van der Waals surface area contributed by atoms with Gasteiger partial charge in [0.15, 0.2) is 0 Å². The maximum Gasteiger partial charge on any atom is -0.147 e. The Balaban J connectivity index is -0.0000000450. The van der Waals surface area contributed by atoms with E-state index >= 15 is 0 Å². The van der Waals surface area contributed by atoms with Gasteiger partial charge in [0.25, 0.3) is 0 Å². The summed E-state index contributed by atoms with van der Waals surface area (Å²) in [5.74, 6) is 0. The zero-order valence-corrected chi connectivity index (χ0v) is 8.15. The predicted octanol–water partition coefficient (Wildman–Crippen LogP) is 1.98. The topological polar surface area (TPSA) is 0 Å². The monoisotopic (exact) mass is 255 g/mol.